The fourth-order valence-electron chi connectivity index (χ4n) is 2.77. The Bertz CT molecular complexity index is 338. The van der Waals surface area contributed by atoms with Crippen LogP contribution in [0.15, 0.2) is 4.99 Å². The van der Waals surface area contributed by atoms with E-state index in [4.69, 9.17) is 9.84 Å². The number of hydrogen-bond acceptors (Lipinski definition) is 4. The molecule has 0 aromatic carbocycles. The molecule has 0 rings (SSSR count). The van der Waals surface area contributed by atoms with Gasteiger partial charge in [0.2, 0.25) is 0 Å². The normalized spacial score (nSPS) is 11.3. The van der Waals surface area contributed by atoms with Gasteiger partial charge in [0.15, 0.2) is 0 Å². The van der Waals surface area contributed by atoms with Crippen LogP contribution in [0, 0.1) is 0 Å². The molecule has 26 heavy (non-hydrogen) atoms. The van der Waals surface area contributed by atoms with Gasteiger partial charge in [-0.25, -0.2) is 4.79 Å². The van der Waals surface area contributed by atoms with Gasteiger partial charge in [0.25, 0.3) is 0 Å². The maximum absolute atomic E-state index is 11.5. The Hall–Kier alpha value is -0.100. The summed E-state index contributed by atoms with van der Waals surface area (Å²) in [5, 5.41) is 19.9. The van der Waals surface area contributed by atoms with Crippen LogP contribution >= 0.6 is 0 Å². The van der Waals surface area contributed by atoms with Crippen LogP contribution in [0.1, 0.15) is 96.8 Å². The molecule has 0 radical (unpaired) electrons. The Morgan fingerprint density at radius 3 is 1.81 bits per heavy atom. The molecule has 0 spiro atoms. The molecule has 0 aliphatic carbocycles. The largest absolute Gasteiger partial charge is 1.00 e. The molecule has 0 aromatic heterocycles. The van der Waals surface area contributed by atoms with Crippen molar-refractivity contribution in [1.82, 2.24) is 0 Å². The number of ether oxygens (including phenoxy) is 1. The van der Waals surface area contributed by atoms with Crippen LogP contribution in [0.5, 0.6) is 0 Å². The Balaban J connectivity index is 0. The molecule has 5 nitrogen and oxygen atoms in total. The van der Waals surface area contributed by atoms with Crippen molar-refractivity contribution in [2.45, 2.75) is 96.8 Å². The van der Waals surface area contributed by atoms with E-state index in [1.807, 2.05) is 0 Å². The van der Waals surface area contributed by atoms with E-state index >= 15 is 0 Å². The monoisotopic (exact) mass is 379 g/mol. The molecule has 0 aliphatic heterocycles. The number of carbonyl (C=O) groups is 1. The summed E-state index contributed by atoms with van der Waals surface area (Å²) in [4.78, 5) is 14.1. The van der Waals surface area contributed by atoms with Gasteiger partial charge >= 0.3 is 35.5 Å². The third-order valence-corrected chi connectivity index (χ3v) is 4.24. The number of aliphatic carboxylic acids is 1. The smallest absolute Gasteiger partial charge is 0.862 e. The van der Waals surface area contributed by atoms with Crippen LogP contribution in [0.4, 0.5) is 0 Å². The quantitative estimate of drug-likeness (QED) is 0.159. The van der Waals surface area contributed by atoms with Crippen molar-refractivity contribution in [2.24, 2.45) is 4.99 Å². The van der Waals surface area contributed by atoms with E-state index in [1.165, 1.54) is 70.6 Å². The van der Waals surface area contributed by atoms with Crippen LogP contribution < -0.4 is 34.7 Å². The van der Waals surface area contributed by atoms with Crippen LogP contribution in [0.3, 0.4) is 0 Å². The number of nitrogens with zero attached hydrogens (tertiary/aromatic N) is 1. The summed E-state index contributed by atoms with van der Waals surface area (Å²) in [5.41, 5.74) is 0. The van der Waals surface area contributed by atoms with E-state index in [2.05, 4.69) is 11.9 Å². The maximum atomic E-state index is 11.5. The molecule has 0 saturated heterocycles. The topological polar surface area (TPSA) is 82.0 Å². The molecule has 0 unspecified atom stereocenters. The molecule has 0 bridgehead atoms. The van der Waals surface area contributed by atoms with E-state index in [1.54, 1.807) is 0 Å². The second-order valence-corrected chi connectivity index (χ2v) is 6.71. The number of aliphatic imine (C=N–C) groups is 1. The van der Waals surface area contributed by atoms with E-state index < -0.39 is 5.97 Å². The van der Waals surface area contributed by atoms with Gasteiger partial charge in [-0.15, -0.1) is 0 Å². The summed E-state index contributed by atoms with van der Waals surface area (Å²) in [7, 11) is 0. The number of carboxylic acids is 1. The molecule has 0 saturated carbocycles. The second-order valence-electron chi connectivity index (χ2n) is 6.71. The van der Waals surface area contributed by atoms with E-state index in [9.17, 15) is 9.90 Å². The predicted molar refractivity (Wildman–Crippen MR) is 101 cm³/mol. The van der Waals surface area contributed by atoms with Gasteiger partial charge < -0.3 is 19.9 Å². The Kier molecular flexibility index (Phi) is 24.8. The van der Waals surface area contributed by atoms with E-state index in [0.29, 0.717) is 6.42 Å². The number of hydrogen-bond donors (Lipinski definition) is 1. The molecule has 148 valence electrons. The Morgan fingerprint density at radius 2 is 1.35 bits per heavy atom. The minimum atomic E-state index is -1.00. The second kappa shape index (κ2) is 22.9. The van der Waals surface area contributed by atoms with Gasteiger partial charge in [0.1, 0.15) is 6.61 Å². The molecule has 0 amide bonds. The van der Waals surface area contributed by atoms with Crippen molar-refractivity contribution >= 4 is 11.9 Å². The van der Waals surface area contributed by atoms with Gasteiger partial charge in [0, 0.05) is 0 Å². The van der Waals surface area contributed by atoms with Gasteiger partial charge in [-0.05, 0) is 18.7 Å². The van der Waals surface area contributed by atoms with Crippen molar-refractivity contribution in [2.75, 3.05) is 19.8 Å². The first-order valence-corrected chi connectivity index (χ1v) is 10.2. The third kappa shape index (κ3) is 23.9. The summed E-state index contributed by atoms with van der Waals surface area (Å²) in [5.74, 6) is -1.10. The zero-order valence-corrected chi connectivity index (χ0v) is 19.1. The van der Waals surface area contributed by atoms with Crippen LogP contribution in [0.25, 0.3) is 0 Å². The fourth-order valence-corrected chi connectivity index (χ4v) is 2.77. The van der Waals surface area contributed by atoms with Crippen LogP contribution in [0.2, 0.25) is 0 Å². The van der Waals surface area contributed by atoms with E-state index in [0.717, 1.165) is 12.8 Å². The van der Waals surface area contributed by atoms with Crippen LogP contribution in [-0.2, 0) is 9.53 Å². The predicted octanol–water partition coefficient (Wildman–Crippen LogP) is 1.33. The number of unbranched alkanes of at least 4 members (excludes halogenated alkanes) is 12. The zero-order valence-electron chi connectivity index (χ0n) is 17.1. The van der Waals surface area contributed by atoms with Crippen molar-refractivity contribution in [3.63, 3.8) is 0 Å². The molecular formula is C20H38NNaO4. The summed E-state index contributed by atoms with van der Waals surface area (Å²) in [6.07, 6.45) is 17.3. The van der Waals surface area contributed by atoms with Crippen molar-refractivity contribution in [3.8, 4) is 0 Å². The summed E-state index contributed by atoms with van der Waals surface area (Å²) in [6.45, 7) is 2.37. The average molecular weight is 380 g/mol. The third-order valence-electron chi connectivity index (χ3n) is 4.24. The van der Waals surface area contributed by atoms with Gasteiger partial charge in [-0.2, -0.15) is 0 Å². The summed E-state index contributed by atoms with van der Waals surface area (Å²) < 4.78 is 4.82. The van der Waals surface area contributed by atoms with Crippen molar-refractivity contribution < 1.29 is 49.3 Å². The minimum Gasteiger partial charge on any atom is -0.862 e. The minimum absolute atomic E-state index is 0. The Morgan fingerprint density at radius 1 is 0.885 bits per heavy atom. The van der Waals surface area contributed by atoms with Crippen molar-refractivity contribution in [3.05, 3.63) is 0 Å². The molecule has 0 atom stereocenters. The van der Waals surface area contributed by atoms with Crippen LogP contribution in [-0.4, -0.2) is 36.7 Å². The summed E-state index contributed by atoms with van der Waals surface area (Å²) in [6, 6.07) is 0. The molecule has 0 fully saturated rings. The van der Waals surface area contributed by atoms with Gasteiger partial charge in [-0.1, -0.05) is 84.0 Å². The molecule has 0 heterocycles. The number of rotatable bonds is 19. The zero-order chi connectivity index (χ0) is 18.6. The first-order chi connectivity index (χ1) is 12.2. The SMILES string of the molecule is CCCCCCCCCCCCCCCC([O-])=NCCOCC(=O)O.[Na+]. The molecule has 1 N–H and O–H groups in total. The van der Waals surface area contributed by atoms with Gasteiger partial charge in [0.05, 0.1) is 13.2 Å². The van der Waals surface area contributed by atoms with Gasteiger partial charge in [-0.3, -0.25) is 0 Å². The fraction of sp³-hybridized carbons (Fsp3) is 0.900. The molecule has 6 heteroatoms. The standard InChI is InChI=1S/C20H39NO4.Na/c1-2-3-4-5-6-7-8-9-10-11-12-13-14-15-19(22)21-16-17-25-18-20(23)24;/h2-18H2,1H3,(H,21,22)(H,23,24);/q;+1/p-1. The number of carboxylic acid groups (broad SMARTS) is 1. The summed E-state index contributed by atoms with van der Waals surface area (Å²) >= 11 is 0. The molecule has 0 aliphatic rings. The first-order valence-electron chi connectivity index (χ1n) is 10.2. The maximum Gasteiger partial charge on any atom is 1.00 e. The molecular weight excluding hydrogens is 341 g/mol. The average Bonchev–Trinajstić information content (AvgIpc) is 2.58. The first kappa shape index (κ1) is 28.1. The van der Waals surface area contributed by atoms with E-state index in [-0.39, 0.29) is 55.2 Å². The molecule has 0 aromatic rings. The van der Waals surface area contributed by atoms with Crippen molar-refractivity contribution in [1.29, 1.82) is 0 Å². The Labute approximate surface area is 182 Å².